The van der Waals surface area contributed by atoms with Crippen molar-refractivity contribution in [3.8, 4) is 0 Å². The Morgan fingerprint density at radius 2 is 1.34 bits per heavy atom. The van der Waals surface area contributed by atoms with Gasteiger partial charge >= 0.3 is 12.1 Å². The molecular formula is C39H48N4O4. The van der Waals surface area contributed by atoms with E-state index in [9.17, 15) is 14.4 Å². The Morgan fingerprint density at radius 3 is 2.02 bits per heavy atom. The first-order valence-electron chi connectivity index (χ1n) is 16.6. The molecule has 0 aromatic heterocycles. The van der Waals surface area contributed by atoms with E-state index in [-0.39, 0.29) is 24.1 Å². The number of nitrogens with one attached hydrogen (secondary N) is 2. The summed E-state index contributed by atoms with van der Waals surface area (Å²) in [5.74, 6) is -0.0554. The highest BCUT2D eigenvalue weighted by Gasteiger charge is 2.19. The number of benzene rings is 4. The quantitative estimate of drug-likeness (QED) is 0.122. The van der Waals surface area contributed by atoms with Gasteiger partial charge in [-0.05, 0) is 59.2 Å². The minimum atomic E-state index is -0.325. The number of nitrogens with zero attached hydrogens (tertiary/aromatic N) is 2. The molecule has 47 heavy (non-hydrogen) atoms. The normalized spacial score (nSPS) is 11.5. The van der Waals surface area contributed by atoms with Crippen molar-refractivity contribution in [2.45, 2.75) is 72.1 Å². The Bertz CT molecular complexity index is 1570. The van der Waals surface area contributed by atoms with Crippen LogP contribution >= 0.6 is 0 Å². The smallest absolute Gasteiger partial charge is 0.410 e. The molecule has 0 aliphatic heterocycles. The first-order chi connectivity index (χ1) is 22.8. The lowest BCUT2D eigenvalue weighted by molar-refractivity contribution is -0.118. The van der Waals surface area contributed by atoms with Crippen LogP contribution in [0.5, 0.6) is 0 Å². The van der Waals surface area contributed by atoms with Gasteiger partial charge in [0.1, 0.15) is 0 Å². The lowest BCUT2D eigenvalue weighted by atomic mass is 10.00. The Kier molecular flexibility index (Phi) is 13.7. The van der Waals surface area contributed by atoms with Gasteiger partial charge in [-0.3, -0.25) is 9.69 Å². The maximum atomic E-state index is 13.7. The van der Waals surface area contributed by atoms with Crippen molar-refractivity contribution in [1.82, 2.24) is 20.4 Å². The number of fused-ring (bicyclic) bond motifs is 1. The summed E-state index contributed by atoms with van der Waals surface area (Å²) in [7, 11) is 0. The highest BCUT2D eigenvalue weighted by molar-refractivity contribution is 5.86. The molecule has 4 amide bonds. The molecule has 2 N–H and O–H groups in total. The highest BCUT2D eigenvalue weighted by Crippen LogP contribution is 2.24. The molecule has 8 nitrogen and oxygen atoms in total. The van der Waals surface area contributed by atoms with Crippen molar-refractivity contribution >= 4 is 28.8 Å². The summed E-state index contributed by atoms with van der Waals surface area (Å²) in [6.07, 6.45) is 2.99. The molecule has 0 spiro atoms. The van der Waals surface area contributed by atoms with Crippen molar-refractivity contribution in [1.29, 1.82) is 0 Å². The fourth-order valence-electron chi connectivity index (χ4n) is 5.50. The van der Waals surface area contributed by atoms with Crippen LogP contribution < -0.4 is 10.6 Å². The number of ether oxygens (including phenoxy) is 1. The van der Waals surface area contributed by atoms with Crippen LogP contribution in [-0.2, 0) is 29.2 Å². The second kappa shape index (κ2) is 18.3. The molecule has 8 heteroatoms. The minimum absolute atomic E-state index is 0.0554. The van der Waals surface area contributed by atoms with Crippen molar-refractivity contribution in [2.75, 3.05) is 19.7 Å². The summed E-state index contributed by atoms with van der Waals surface area (Å²) in [5, 5.41) is 8.31. The van der Waals surface area contributed by atoms with Gasteiger partial charge in [0, 0.05) is 39.6 Å². The van der Waals surface area contributed by atoms with E-state index in [0.717, 1.165) is 58.7 Å². The standard InChI is InChI=1S/C39H48N4O4/c1-4-5-26-47-39(46)43(28-32-14-7-6-8-15-32)29-34-22-20-33(21-23-34)27-42(25-12-11-24-40-31(3)44)38(45)41-30(2)36-19-13-17-35-16-9-10-18-37(35)36/h6-10,13-23,30H,4-5,11-12,24-29H2,1-3H3,(H,40,44)(H,41,45). The molecule has 4 aromatic rings. The molecule has 0 aliphatic carbocycles. The van der Waals surface area contributed by atoms with Crippen molar-refractivity contribution < 1.29 is 19.1 Å². The van der Waals surface area contributed by atoms with Crippen LogP contribution in [0.1, 0.15) is 74.8 Å². The zero-order valence-electron chi connectivity index (χ0n) is 27.9. The van der Waals surface area contributed by atoms with E-state index in [1.165, 1.54) is 6.92 Å². The number of rotatable bonds is 16. The molecule has 0 saturated carbocycles. The van der Waals surface area contributed by atoms with Gasteiger partial charge in [0.25, 0.3) is 0 Å². The summed E-state index contributed by atoms with van der Waals surface area (Å²) in [4.78, 5) is 41.5. The molecular weight excluding hydrogens is 588 g/mol. The van der Waals surface area contributed by atoms with Crippen LogP contribution in [0.4, 0.5) is 9.59 Å². The maximum absolute atomic E-state index is 13.7. The van der Waals surface area contributed by atoms with Gasteiger partial charge in [-0.25, -0.2) is 9.59 Å². The van der Waals surface area contributed by atoms with Gasteiger partial charge < -0.3 is 20.3 Å². The molecule has 0 fully saturated rings. The van der Waals surface area contributed by atoms with E-state index in [4.69, 9.17) is 4.74 Å². The monoisotopic (exact) mass is 636 g/mol. The summed E-state index contributed by atoms with van der Waals surface area (Å²) in [5.41, 5.74) is 4.07. The van der Waals surface area contributed by atoms with Crippen LogP contribution in [0.25, 0.3) is 10.8 Å². The van der Waals surface area contributed by atoms with E-state index in [0.29, 0.717) is 39.3 Å². The highest BCUT2D eigenvalue weighted by atomic mass is 16.6. The third kappa shape index (κ3) is 11.2. The van der Waals surface area contributed by atoms with Gasteiger partial charge in [-0.15, -0.1) is 0 Å². The second-order valence-electron chi connectivity index (χ2n) is 12.0. The Morgan fingerprint density at radius 1 is 0.723 bits per heavy atom. The number of hydrogen-bond donors (Lipinski definition) is 2. The average molecular weight is 637 g/mol. The zero-order chi connectivity index (χ0) is 33.4. The first kappa shape index (κ1) is 35.0. The molecule has 0 saturated heterocycles. The lowest BCUT2D eigenvalue weighted by Crippen LogP contribution is -2.41. The van der Waals surface area contributed by atoms with E-state index >= 15 is 0 Å². The van der Waals surface area contributed by atoms with Gasteiger partial charge in [0.05, 0.1) is 12.6 Å². The van der Waals surface area contributed by atoms with Crippen LogP contribution in [0, 0.1) is 0 Å². The van der Waals surface area contributed by atoms with Crippen LogP contribution in [0.3, 0.4) is 0 Å². The lowest BCUT2D eigenvalue weighted by Gasteiger charge is -2.26. The molecule has 0 aliphatic rings. The van der Waals surface area contributed by atoms with Gasteiger partial charge in [-0.2, -0.15) is 0 Å². The predicted octanol–water partition coefficient (Wildman–Crippen LogP) is 7.97. The van der Waals surface area contributed by atoms with Gasteiger partial charge in [-0.1, -0.05) is 110 Å². The van der Waals surface area contributed by atoms with E-state index < -0.39 is 0 Å². The second-order valence-corrected chi connectivity index (χ2v) is 12.0. The number of hydrogen-bond acceptors (Lipinski definition) is 4. The molecule has 4 aromatic carbocycles. The van der Waals surface area contributed by atoms with Crippen LogP contribution in [0.15, 0.2) is 97.1 Å². The molecule has 0 radical (unpaired) electrons. The Labute approximate surface area is 279 Å². The van der Waals surface area contributed by atoms with E-state index in [1.807, 2.05) is 84.6 Å². The first-order valence-corrected chi connectivity index (χ1v) is 16.6. The number of carbonyl (C=O) groups is 3. The third-order valence-corrected chi connectivity index (χ3v) is 8.11. The number of unbranched alkanes of at least 4 members (excludes halogenated alkanes) is 2. The van der Waals surface area contributed by atoms with E-state index in [1.54, 1.807) is 4.90 Å². The van der Waals surface area contributed by atoms with Crippen LogP contribution in [0.2, 0.25) is 0 Å². The fourth-order valence-corrected chi connectivity index (χ4v) is 5.50. The largest absolute Gasteiger partial charge is 0.449 e. The minimum Gasteiger partial charge on any atom is -0.449 e. The zero-order valence-corrected chi connectivity index (χ0v) is 27.9. The predicted molar refractivity (Wildman–Crippen MR) is 188 cm³/mol. The topological polar surface area (TPSA) is 91.0 Å². The molecule has 1 unspecified atom stereocenters. The molecule has 4 rings (SSSR count). The SMILES string of the molecule is CCCCOC(=O)N(Cc1ccccc1)Cc1ccc(CN(CCCCNC(C)=O)C(=O)NC(C)c2cccc3ccccc23)cc1. The molecule has 248 valence electrons. The number of urea groups is 1. The summed E-state index contributed by atoms with van der Waals surface area (Å²) < 4.78 is 5.56. The maximum Gasteiger partial charge on any atom is 0.410 e. The molecule has 0 bridgehead atoms. The van der Waals surface area contributed by atoms with Crippen molar-refractivity contribution in [3.63, 3.8) is 0 Å². The van der Waals surface area contributed by atoms with Crippen molar-refractivity contribution in [3.05, 3.63) is 119 Å². The van der Waals surface area contributed by atoms with Crippen molar-refractivity contribution in [2.24, 2.45) is 0 Å². The van der Waals surface area contributed by atoms with E-state index in [2.05, 4.69) is 41.8 Å². The summed E-state index contributed by atoms with van der Waals surface area (Å²) >= 11 is 0. The number of carbonyl (C=O) groups excluding carboxylic acids is 3. The third-order valence-electron chi connectivity index (χ3n) is 8.11. The Hall–Kier alpha value is -4.85. The molecule has 1 atom stereocenters. The summed E-state index contributed by atoms with van der Waals surface area (Å²) in [6.45, 7) is 8.41. The molecule has 0 heterocycles. The average Bonchev–Trinajstić information content (AvgIpc) is 3.08. The Balaban J connectivity index is 1.44. The number of amides is 4. The van der Waals surface area contributed by atoms with Gasteiger partial charge in [0.2, 0.25) is 5.91 Å². The summed E-state index contributed by atoms with van der Waals surface area (Å²) in [6, 6.07) is 32.0. The van der Waals surface area contributed by atoms with Gasteiger partial charge in [0.15, 0.2) is 0 Å². The fraction of sp³-hybridized carbons (Fsp3) is 0.359. The van der Waals surface area contributed by atoms with Crippen LogP contribution in [-0.4, -0.2) is 47.5 Å².